The monoisotopic (exact) mass is 165 g/mol. The van der Waals surface area contributed by atoms with Crippen molar-refractivity contribution < 1.29 is 4.79 Å². The quantitative estimate of drug-likeness (QED) is 0.624. The van der Waals surface area contributed by atoms with Crippen molar-refractivity contribution in [3.63, 3.8) is 0 Å². The van der Waals surface area contributed by atoms with Gasteiger partial charge in [0, 0.05) is 30.9 Å². The highest BCUT2D eigenvalue weighted by Gasteiger charge is 2.16. The second-order valence-corrected chi connectivity index (χ2v) is 3.05. The van der Waals surface area contributed by atoms with Crippen LogP contribution in [0, 0.1) is 0 Å². The fourth-order valence-corrected chi connectivity index (χ4v) is 1.61. The van der Waals surface area contributed by atoms with Gasteiger partial charge in [0.2, 0.25) is 6.41 Å². The summed E-state index contributed by atoms with van der Waals surface area (Å²) in [5.74, 6) is 0. The molecule has 0 saturated heterocycles. The van der Waals surface area contributed by atoms with Crippen LogP contribution >= 0.6 is 0 Å². The molecule has 0 fully saturated rings. The van der Waals surface area contributed by atoms with Crippen LogP contribution in [0.15, 0.2) is 12.5 Å². The number of fused-ring (bicyclic) bond motifs is 1. The number of hydrogen-bond donors (Lipinski definition) is 1. The lowest BCUT2D eigenvalue weighted by Gasteiger charge is -2.22. The average Bonchev–Trinajstić information content (AvgIpc) is 2.51. The van der Waals surface area contributed by atoms with Crippen LogP contribution in [0.25, 0.3) is 0 Å². The highest BCUT2D eigenvalue weighted by Crippen LogP contribution is 2.13. The number of carbonyl (C=O) groups excluding carboxylic acids is 1. The Morgan fingerprint density at radius 1 is 1.75 bits per heavy atom. The molecule has 12 heavy (non-hydrogen) atoms. The van der Waals surface area contributed by atoms with Crippen molar-refractivity contribution >= 4 is 6.41 Å². The molecule has 0 aromatic carbocycles. The second kappa shape index (κ2) is 2.97. The number of imidazole rings is 1. The smallest absolute Gasteiger partial charge is 0.207 e. The van der Waals surface area contributed by atoms with Crippen LogP contribution < -0.4 is 5.32 Å². The minimum Gasteiger partial charge on any atom is -0.355 e. The summed E-state index contributed by atoms with van der Waals surface area (Å²) >= 11 is 0. The summed E-state index contributed by atoms with van der Waals surface area (Å²) in [4.78, 5) is 14.2. The number of rotatable bonds is 2. The molecule has 1 aromatic rings. The van der Waals surface area contributed by atoms with Crippen molar-refractivity contribution in [3.05, 3.63) is 18.2 Å². The van der Waals surface area contributed by atoms with E-state index < -0.39 is 0 Å². The molecule has 2 rings (SSSR count). The third-order valence-corrected chi connectivity index (χ3v) is 2.28. The van der Waals surface area contributed by atoms with Gasteiger partial charge in [-0.2, -0.15) is 0 Å². The molecule has 0 radical (unpaired) electrons. The van der Waals surface area contributed by atoms with Crippen LogP contribution in [-0.2, 0) is 17.8 Å². The molecule has 1 aliphatic heterocycles. The molecule has 0 saturated carbocycles. The fourth-order valence-electron chi connectivity index (χ4n) is 1.61. The first kappa shape index (κ1) is 7.34. The molecule has 2 heterocycles. The minimum atomic E-state index is 0.298. The van der Waals surface area contributed by atoms with Gasteiger partial charge >= 0.3 is 0 Å². The molecule has 4 nitrogen and oxygen atoms in total. The van der Waals surface area contributed by atoms with E-state index in [0.717, 1.165) is 25.8 Å². The van der Waals surface area contributed by atoms with Gasteiger partial charge in [-0.1, -0.05) is 0 Å². The standard InChI is InChI=1S/C8H11N3O/c12-6-10-7-1-2-11-5-9-4-8(11)3-7/h4-7H,1-3H2,(H,10,12). The summed E-state index contributed by atoms with van der Waals surface area (Å²) in [7, 11) is 0. The lowest BCUT2D eigenvalue weighted by molar-refractivity contribution is -0.110. The predicted octanol–water partition coefficient (Wildman–Crippen LogP) is -0.0561. The van der Waals surface area contributed by atoms with Gasteiger partial charge in [0.25, 0.3) is 0 Å². The summed E-state index contributed by atoms with van der Waals surface area (Å²) in [6, 6.07) is 0.298. The zero-order chi connectivity index (χ0) is 8.39. The number of amides is 1. The van der Waals surface area contributed by atoms with E-state index in [1.807, 2.05) is 12.5 Å². The molecule has 1 amide bonds. The van der Waals surface area contributed by atoms with Gasteiger partial charge in [-0.15, -0.1) is 0 Å². The molecule has 1 unspecified atom stereocenters. The topological polar surface area (TPSA) is 46.9 Å². The first-order valence-electron chi connectivity index (χ1n) is 4.09. The Bertz CT molecular complexity index is 282. The van der Waals surface area contributed by atoms with Gasteiger partial charge in [-0.3, -0.25) is 4.79 Å². The van der Waals surface area contributed by atoms with Gasteiger partial charge in [0.15, 0.2) is 0 Å². The maximum atomic E-state index is 10.2. The zero-order valence-corrected chi connectivity index (χ0v) is 6.73. The van der Waals surface area contributed by atoms with E-state index >= 15 is 0 Å². The molecule has 4 heteroatoms. The highest BCUT2D eigenvalue weighted by atomic mass is 16.1. The van der Waals surface area contributed by atoms with Crippen molar-refractivity contribution in [1.29, 1.82) is 0 Å². The van der Waals surface area contributed by atoms with E-state index in [2.05, 4.69) is 14.9 Å². The van der Waals surface area contributed by atoms with Crippen LogP contribution in [0.1, 0.15) is 12.1 Å². The Kier molecular flexibility index (Phi) is 1.81. The summed E-state index contributed by atoms with van der Waals surface area (Å²) in [5, 5.41) is 2.79. The summed E-state index contributed by atoms with van der Waals surface area (Å²) < 4.78 is 2.13. The molecular formula is C8H11N3O. The van der Waals surface area contributed by atoms with Crippen molar-refractivity contribution in [2.75, 3.05) is 0 Å². The maximum absolute atomic E-state index is 10.2. The highest BCUT2D eigenvalue weighted by molar-refractivity contribution is 5.46. The van der Waals surface area contributed by atoms with E-state index in [1.54, 1.807) is 0 Å². The van der Waals surface area contributed by atoms with Crippen LogP contribution in [0.4, 0.5) is 0 Å². The maximum Gasteiger partial charge on any atom is 0.207 e. The van der Waals surface area contributed by atoms with Gasteiger partial charge < -0.3 is 9.88 Å². The van der Waals surface area contributed by atoms with Crippen molar-refractivity contribution in [1.82, 2.24) is 14.9 Å². The predicted molar refractivity (Wildman–Crippen MR) is 43.5 cm³/mol. The number of carbonyl (C=O) groups is 1. The average molecular weight is 165 g/mol. The van der Waals surface area contributed by atoms with E-state index in [9.17, 15) is 4.79 Å². The van der Waals surface area contributed by atoms with Gasteiger partial charge in [-0.05, 0) is 6.42 Å². The van der Waals surface area contributed by atoms with E-state index in [1.165, 1.54) is 5.69 Å². The van der Waals surface area contributed by atoms with Crippen molar-refractivity contribution in [3.8, 4) is 0 Å². The molecule has 1 N–H and O–H groups in total. The lowest BCUT2D eigenvalue weighted by atomic mass is 10.1. The number of nitrogens with one attached hydrogen (secondary N) is 1. The van der Waals surface area contributed by atoms with Gasteiger partial charge in [-0.25, -0.2) is 4.98 Å². The SMILES string of the molecule is O=CNC1CCn2cncc2C1. The third-order valence-electron chi connectivity index (χ3n) is 2.28. The first-order chi connectivity index (χ1) is 5.90. The summed E-state index contributed by atoms with van der Waals surface area (Å²) in [6.07, 6.45) is 6.38. The number of aromatic nitrogens is 2. The lowest BCUT2D eigenvalue weighted by Crippen LogP contribution is -2.35. The normalized spacial score (nSPS) is 21.5. The Balaban J connectivity index is 2.09. The summed E-state index contributed by atoms with van der Waals surface area (Å²) in [6.45, 7) is 0.959. The second-order valence-electron chi connectivity index (χ2n) is 3.05. The third kappa shape index (κ3) is 1.20. The zero-order valence-electron chi connectivity index (χ0n) is 6.73. The number of nitrogens with zero attached hydrogens (tertiary/aromatic N) is 2. The Labute approximate surface area is 70.6 Å². The van der Waals surface area contributed by atoms with Gasteiger partial charge in [0.05, 0.1) is 6.33 Å². The molecule has 1 atom stereocenters. The summed E-state index contributed by atoms with van der Waals surface area (Å²) in [5.41, 5.74) is 1.21. The number of hydrogen-bond acceptors (Lipinski definition) is 2. The molecule has 1 aliphatic rings. The Hall–Kier alpha value is -1.32. The molecular weight excluding hydrogens is 154 g/mol. The van der Waals surface area contributed by atoms with Crippen LogP contribution in [0.2, 0.25) is 0 Å². The number of aryl methyl sites for hydroxylation is 1. The largest absolute Gasteiger partial charge is 0.355 e. The molecule has 0 aliphatic carbocycles. The molecule has 0 spiro atoms. The van der Waals surface area contributed by atoms with Crippen LogP contribution in [0.3, 0.4) is 0 Å². The van der Waals surface area contributed by atoms with Crippen molar-refractivity contribution in [2.24, 2.45) is 0 Å². The van der Waals surface area contributed by atoms with Gasteiger partial charge in [0.1, 0.15) is 0 Å². The first-order valence-corrected chi connectivity index (χ1v) is 4.09. The Morgan fingerprint density at radius 2 is 2.67 bits per heavy atom. The van der Waals surface area contributed by atoms with E-state index in [0.29, 0.717) is 6.04 Å². The molecule has 0 bridgehead atoms. The fraction of sp³-hybridized carbons (Fsp3) is 0.500. The molecule has 1 aromatic heterocycles. The minimum absolute atomic E-state index is 0.298. The Morgan fingerprint density at radius 3 is 3.50 bits per heavy atom. The van der Waals surface area contributed by atoms with Crippen molar-refractivity contribution in [2.45, 2.75) is 25.4 Å². The van der Waals surface area contributed by atoms with E-state index in [-0.39, 0.29) is 0 Å². The van der Waals surface area contributed by atoms with E-state index in [4.69, 9.17) is 0 Å². The van der Waals surface area contributed by atoms with Crippen LogP contribution in [0.5, 0.6) is 0 Å². The van der Waals surface area contributed by atoms with Crippen LogP contribution in [-0.4, -0.2) is 22.0 Å². The molecule has 64 valence electrons.